The summed E-state index contributed by atoms with van der Waals surface area (Å²) in [5.41, 5.74) is 0.881. The van der Waals surface area contributed by atoms with Crippen LogP contribution in [0, 0.1) is 5.92 Å². The quantitative estimate of drug-likeness (QED) is 0.391. The van der Waals surface area contributed by atoms with E-state index in [1.807, 2.05) is 0 Å². The van der Waals surface area contributed by atoms with Gasteiger partial charge in [-0.15, -0.1) is 0 Å². The molecule has 4 heterocycles. The Morgan fingerprint density at radius 2 is 2.03 bits per heavy atom. The number of piperidine rings is 1. The lowest BCUT2D eigenvalue weighted by molar-refractivity contribution is -0.106. The first-order valence-corrected chi connectivity index (χ1v) is 12.0. The zero-order valence-corrected chi connectivity index (χ0v) is 18.8. The van der Waals surface area contributed by atoms with Gasteiger partial charge in [-0.2, -0.15) is 5.10 Å². The van der Waals surface area contributed by atoms with Crippen molar-refractivity contribution in [2.24, 2.45) is 5.92 Å². The van der Waals surface area contributed by atoms with Crippen LogP contribution in [0.15, 0.2) is 36.7 Å². The van der Waals surface area contributed by atoms with Gasteiger partial charge in [-0.05, 0) is 31.2 Å². The number of pyridine rings is 1. The lowest BCUT2D eigenvalue weighted by Gasteiger charge is -2.39. The van der Waals surface area contributed by atoms with Crippen molar-refractivity contribution in [2.45, 2.75) is 25.7 Å². The summed E-state index contributed by atoms with van der Waals surface area (Å²) in [5, 5.41) is 13.8. The summed E-state index contributed by atoms with van der Waals surface area (Å²) in [7, 11) is -4.05. The number of hydroxylamine groups is 1. The summed E-state index contributed by atoms with van der Waals surface area (Å²) in [6, 6.07) is 5.82. The summed E-state index contributed by atoms with van der Waals surface area (Å²) >= 11 is 0. The van der Waals surface area contributed by atoms with Gasteiger partial charge in [-0.25, -0.2) is 40.5 Å². The molecule has 1 unspecified atom stereocenters. The second-order valence-corrected chi connectivity index (χ2v) is 10.1. The second kappa shape index (κ2) is 9.07. The van der Waals surface area contributed by atoms with E-state index in [-0.39, 0.29) is 17.6 Å². The molecule has 0 bridgehead atoms. The third-order valence-corrected chi connectivity index (χ3v) is 7.31. The maximum atomic E-state index is 14.5. The first-order chi connectivity index (χ1) is 16.0. The number of halogens is 4. The monoisotopic (exact) mass is 502 g/mol. The van der Waals surface area contributed by atoms with E-state index >= 15 is 0 Å². The Morgan fingerprint density at radius 3 is 2.74 bits per heavy atom. The molecule has 0 amide bonds. The topological polar surface area (TPSA) is 104 Å². The van der Waals surface area contributed by atoms with Crippen LogP contribution in [0.25, 0.3) is 16.9 Å². The van der Waals surface area contributed by atoms with Crippen molar-refractivity contribution in [3.8, 4) is 11.3 Å². The number of aromatic nitrogens is 4. The average Bonchev–Trinajstić information content (AvgIpc) is 3.23. The fraction of sp³-hybridized carbons (Fsp3) is 0.450. The molecule has 1 saturated heterocycles. The first kappa shape index (κ1) is 24.3. The van der Waals surface area contributed by atoms with Crippen molar-refractivity contribution < 1.29 is 31.2 Å². The number of rotatable bonds is 7. The van der Waals surface area contributed by atoms with Crippen LogP contribution in [0.1, 0.15) is 25.5 Å². The Hall–Kier alpha value is -2.84. The van der Waals surface area contributed by atoms with E-state index in [2.05, 4.69) is 15.1 Å². The van der Waals surface area contributed by atoms with Crippen molar-refractivity contribution in [1.29, 1.82) is 0 Å². The molecule has 0 spiro atoms. The molecule has 1 atom stereocenters. The van der Waals surface area contributed by atoms with Crippen LogP contribution in [-0.4, -0.2) is 69.0 Å². The molecule has 0 saturated carbocycles. The van der Waals surface area contributed by atoms with Crippen LogP contribution < -0.4 is 4.90 Å². The van der Waals surface area contributed by atoms with Gasteiger partial charge in [0, 0.05) is 31.3 Å². The zero-order valence-electron chi connectivity index (χ0n) is 18.0. The highest BCUT2D eigenvalue weighted by Crippen LogP contribution is 2.36. The third kappa shape index (κ3) is 4.70. The largest absolute Gasteiger partial charge is 0.356 e. The molecule has 1 aliphatic rings. The highest BCUT2D eigenvalue weighted by molar-refractivity contribution is 7.88. The Labute approximate surface area is 192 Å². The Bertz CT molecular complexity index is 1290. The number of alkyl halides is 4. The van der Waals surface area contributed by atoms with E-state index in [0.29, 0.717) is 22.7 Å². The fourth-order valence-corrected chi connectivity index (χ4v) is 4.49. The van der Waals surface area contributed by atoms with Crippen LogP contribution in [-0.2, 0) is 10.0 Å². The summed E-state index contributed by atoms with van der Waals surface area (Å²) in [5.74, 6) is -4.74. The maximum absolute atomic E-state index is 14.5. The third-order valence-electron chi connectivity index (χ3n) is 5.79. The Kier molecular flexibility index (Phi) is 6.48. The molecule has 34 heavy (non-hydrogen) atoms. The molecule has 1 aliphatic heterocycles. The number of imidazole rings is 1. The molecular weight excluding hydrogens is 480 g/mol. The number of fused-ring (bicyclic) bond motifs is 1. The predicted octanol–water partition coefficient (Wildman–Crippen LogP) is 3.23. The van der Waals surface area contributed by atoms with Gasteiger partial charge in [-0.1, -0.05) is 4.47 Å². The highest BCUT2D eigenvalue weighted by Gasteiger charge is 2.46. The van der Waals surface area contributed by atoms with Crippen LogP contribution in [0.3, 0.4) is 0 Å². The lowest BCUT2D eigenvalue weighted by atomic mass is 9.93. The number of hydrogen-bond acceptors (Lipinski definition) is 7. The number of sulfonamides is 1. The molecule has 0 aliphatic carbocycles. The van der Waals surface area contributed by atoms with Gasteiger partial charge in [0.05, 0.1) is 30.1 Å². The lowest BCUT2D eigenvalue weighted by Crippen LogP contribution is -2.52. The molecule has 0 radical (unpaired) electrons. The second-order valence-electron chi connectivity index (χ2n) is 7.93. The van der Waals surface area contributed by atoms with Gasteiger partial charge in [-0.3, -0.25) is 5.21 Å². The number of nitrogens with zero attached hydrogens (tertiary/aromatic N) is 6. The molecule has 0 aromatic carbocycles. The van der Waals surface area contributed by atoms with Crippen LogP contribution in [0.4, 0.5) is 23.4 Å². The van der Waals surface area contributed by atoms with Crippen molar-refractivity contribution >= 4 is 21.5 Å². The average molecular weight is 502 g/mol. The summed E-state index contributed by atoms with van der Waals surface area (Å²) in [6.07, 6.45) is -0.410. The van der Waals surface area contributed by atoms with E-state index in [1.165, 1.54) is 36.0 Å². The normalized spacial score (nSPS) is 18.8. The van der Waals surface area contributed by atoms with E-state index in [4.69, 9.17) is 0 Å². The van der Waals surface area contributed by atoms with Crippen molar-refractivity contribution in [3.63, 3.8) is 0 Å². The number of hydrogen-bond donors (Lipinski definition) is 1. The van der Waals surface area contributed by atoms with Crippen LogP contribution in [0.2, 0.25) is 0 Å². The van der Waals surface area contributed by atoms with Gasteiger partial charge >= 0.3 is 0 Å². The van der Waals surface area contributed by atoms with Crippen molar-refractivity contribution in [1.82, 2.24) is 24.1 Å². The van der Waals surface area contributed by atoms with Crippen LogP contribution in [0.5, 0.6) is 0 Å². The molecule has 1 N–H and O–H groups in total. The Balaban J connectivity index is 1.62. The number of anilines is 1. The van der Waals surface area contributed by atoms with Crippen LogP contribution >= 0.6 is 0 Å². The standard InChI is InChI=1S/C20H22F4N6O3S/c1-2-34(32,33)29(31)12-14-11-28(8-6-20(14,23)24)18-9-13(5-7-25-18)16-10-26-17-4-3-15(19(21)22)27-30(16)17/h3-5,7,9-10,14,19,31H,2,6,8,11-12H2,1H3. The van der Waals surface area contributed by atoms with Gasteiger partial charge in [0.1, 0.15) is 11.5 Å². The first-order valence-electron chi connectivity index (χ1n) is 10.4. The highest BCUT2D eigenvalue weighted by atomic mass is 32.2. The van der Waals surface area contributed by atoms with E-state index in [1.54, 1.807) is 17.0 Å². The molecule has 184 valence electrons. The summed E-state index contributed by atoms with van der Waals surface area (Å²) < 4.78 is 80.2. The summed E-state index contributed by atoms with van der Waals surface area (Å²) in [6.45, 7) is 0.249. The molecule has 1 fully saturated rings. The van der Waals surface area contributed by atoms with Gasteiger partial charge in [0.2, 0.25) is 10.0 Å². The molecule has 14 heteroatoms. The van der Waals surface area contributed by atoms with Gasteiger partial charge < -0.3 is 4.90 Å². The van der Waals surface area contributed by atoms with Crippen molar-refractivity contribution in [3.05, 3.63) is 42.4 Å². The molecule has 4 rings (SSSR count). The van der Waals surface area contributed by atoms with Crippen molar-refractivity contribution in [2.75, 3.05) is 30.3 Å². The zero-order chi connectivity index (χ0) is 24.7. The SMILES string of the molecule is CCS(=O)(=O)N(O)CC1CN(c2cc(-c3cnc4ccc(C(F)F)nn34)ccn2)CCC1(F)F. The minimum absolute atomic E-state index is 0.0242. The minimum atomic E-state index is -4.05. The molecule has 3 aromatic rings. The predicted molar refractivity (Wildman–Crippen MR) is 114 cm³/mol. The maximum Gasteiger partial charge on any atom is 0.282 e. The van der Waals surface area contributed by atoms with E-state index < -0.39 is 52.7 Å². The minimum Gasteiger partial charge on any atom is -0.356 e. The Morgan fingerprint density at radius 1 is 1.26 bits per heavy atom. The fourth-order valence-electron chi connectivity index (χ4n) is 3.78. The van der Waals surface area contributed by atoms with E-state index in [0.717, 1.165) is 0 Å². The smallest absolute Gasteiger partial charge is 0.282 e. The van der Waals surface area contributed by atoms with Gasteiger partial charge in [0.25, 0.3) is 12.3 Å². The van der Waals surface area contributed by atoms with Gasteiger partial charge in [0.15, 0.2) is 5.65 Å². The molecule has 3 aromatic heterocycles. The van der Waals surface area contributed by atoms with E-state index in [9.17, 15) is 31.2 Å². The molecular formula is C20H22F4N6O3S. The summed E-state index contributed by atoms with van der Waals surface area (Å²) in [4.78, 5) is 9.98. The molecule has 9 nitrogen and oxygen atoms in total.